The third-order valence-electron chi connectivity index (χ3n) is 3.34. The Balaban J connectivity index is 2.12. The van der Waals surface area contributed by atoms with Crippen LogP contribution < -0.4 is 0 Å². The van der Waals surface area contributed by atoms with E-state index < -0.39 is 0 Å². The molecule has 2 rings (SSSR count). The Morgan fingerprint density at radius 2 is 1.81 bits per heavy atom. The van der Waals surface area contributed by atoms with Crippen LogP contribution in [0.5, 0.6) is 0 Å². The summed E-state index contributed by atoms with van der Waals surface area (Å²) in [5.41, 5.74) is 1.27. The van der Waals surface area contributed by atoms with Gasteiger partial charge in [-0.05, 0) is 31.5 Å². The smallest absolute Gasteiger partial charge is 0.121 e. The van der Waals surface area contributed by atoms with Gasteiger partial charge in [-0.2, -0.15) is 0 Å². The Kier molecular flexibility index (Phi) is 4.11. The second-order valence-electron chi connectivity index (χ2n) is 4.43. The molecular formula is C14H19NO. The van der Waals surface area contributed by atoms with Gasteiger partial charge < -0.3 is 4.79 Å². The van der Waals surface area contributed by atoms with Crippen molar-refractivity contribution >= 4 is 6.29 Å². The summed E-state index contributed by atoms with van der Waals surface area (Å²) < 4.78 is 0. The molecule has 1 aliphatic heterocycles. The first kappa shape index (κ1) is 11.3. The Hall–Kier alpha value is -1.15. The van der Waals surface area contributed by atoms with Gasteiger partial charge in [0.25, 0.3) is 0 Å². The molecule has 1 unspecified atom stereocenters. The third-order valence-corrected chi connectivity index (χ3v) is 3.34. The van der Waals surface area contributed by atoms with Gasteiger partial charge in [0.2, 0.25) is 0 Å². The molecule has 0 spiro atoms. The number of rotatable bonds is 4. The molecule has 0 aromatic heterocycles. The largest absolute Gasteiger partial charge is 0.303 e. The quantitative estimate of drug-likeness (QED) is 0.723. The van der Waals surface area contributed by atoms with Crippen molar-refractivity contribution in [1.29, 1.82) is 0 Å². The van der Waals surface area contributed by atoms with Gasteiger partial charge >= 0.3 is 0 Å². The van der Waals surface area contributed by atoms with E-state index in [-0.39, 0.29) is 0 Å². The first-order valence-electron chi connectivity index (χ1n) is 6.14. The van der Waals surface area contributed by atoms with Gasteiger partial charge in [0.05, 0.1) is 0 Å². The van der Waals surface area contributed by atoms with Crippen LogP contribution in [0.15, 0.2) is 30.3 Å². The number of nitrogens with zero attached hydrogens (tertiary/aromatic N) is 1. The Morgan fingerprint density at radius 3 is 2.44 bits per heavy atom. The van der Waals surface area contributed by atoms with Crippen molar-refractivity contribution < 1.29 is 4.79 Å². The lowest BCUT2D eigenvalue weighted by Crippen LogP contribution is -2.33. The van der Waals surface area contributed by atoms with E-state index in [1.54, 1.807) is 0 Å². The molecule has 1 saturated heterocycles. The average Bonchev–Trinajstić information content (AvgIpc) is 2.38. The normalized spacial score (nSPS) is 19.2. The van der Waals surface area contributed by atoms with Crippen LogP contribution in [0.3, 0.4) is 0 Å². The van der Waals surface area contributed by atoms with Crippen LogP contribution in [0.25, 0.3) is 0 Å². The third kappa shape index (κ3) is 2.70. The minimum Gasteiger partial charge on any atom is -0.303 e. The molecule has 1 aromatic rings. The number of carbonyl (C=O) groups excluding carboxylic acids is 1. The van der Waals surface area contributed by atoms with Crippen LogP contribution >= 0.6 is 0 Å². The number of piperidine rings is 1. The van der Waals surface area contributed by atoms with Gasteiger partial charge in [-0.3, -0.25) is 4.90 Å². The van der Waals surface area contributed by atoms with Crippen LogP contribution in [0, 0.1) is 0 Å². The number of likely N-dealkylation sites (tertiary alicyclic amines) is 1. The second kappa shape index (κ2) is 5.80. The highest BCUT2D eigenvalue weighted by atomic mass is 16.1. The predicted octanol–water partition coefficient (Wildman–Crippen LogP) is 2.80. The molecule has 0 saturated carbocycles. The maximum absolute atomic E-state index is 10.8. The lowest BCUT2D eigenvalue weighted by molar-refractivity contribution is -0.109. The fourth-order valence-electron chi connectivity index (χ4n) is 2.49. The van der Waals surface area contributed by atoms with Gasteiger partial charge in [0.15, 0.2) is 0 Å². The van der Waals surface area contributed by atoms with Crippen LogP contribution in [0.2, 0.25) is 0 Å². The van der Waals surface area contributed by atoms with E-state index in [1.807, 2.05) is 6.07 Å². The topological polar surface area (TPSA) is 20.3 Å². The van der Waals surface area contributed by atoms with Crippen molar-refractivity contribution in [2.75, 3.05) is 13.1 Å². The van der Waals surface area contributed by atoms with Crippen molar-refractivity contribution in [3.63, 3.8) is 0 Å². The van der Waals surface area contributed by atoms with E-state index in [9.17, 15) is 4.79 Å². The zero-order chi connectivity index (χ0) is 11.2. The summed E-state index contributed by atoms with van der Waals surface area (Å²) in [5, 5.41) is 0. The number of aldehydes is 1. The molecule has 0 bridgehead atoms. The Bertz CT molecular complexity index is 317. The number of hydrogen-bond donors (Lipinski definition) is 0. The predicted molar refractivity (Wildman–Crippen MR) is 65.3 cm³/mol. The van der Waals surface area contributed by atoms with Gasteiger partial charge in [-0.25, -0.2) is 0 Å². The molecular weight excluding hydrogens is 198 g/mol. The van der Waals surface area contributed by atoms with Gasteiger partial charge in [0.1, 0.15) is 6.29 Å². The zero-order valence-electron chi connectivity index (χ0n) is 9.64. The average molecular weight is 217 g/mol. The van der Waals surface area contributed by atoms with Gasteiger partial charge in [0, 0.05) is 12.5 Å². The number of benzene rings is 1. The zero-order valence-corrected chi connectivity index (χ0v) is 9.64. The highest BCUT2D eigenvalue weighted by Gasteiger charge is 2.21. The molecule has 1 heterocycles. The van der Waals surface area contributed by atoms with Crippen LogP contribution in [-0.2, 0) is 4.79 Å². The van der Waals surface area contributed by atoms with Crippen LogP contribution in [-0.4, -0.2) is 24.3 Å². The van der Waals surface area contributed by atoms with Crippen molar-refractivity contribution in [3.05, 3.63) is 35.9 Å². The molecule has 1 aromatic carbocycles. The standard InChI is InChI=1S/C14H19NO/c16-12-9-14(13-7-3-1-4-8-13)15-10-5-2-6-11-15/h1,3-4,7-8,12,14H,2,5-6,9-11H2. The SMILES string of the molecule is O=CCC(c1ccccc1)N1CCCCC1. The highest BCUT2D eigenvalue weighted by molar-refractivity contribution is 5.51. The van der Waals surface area contributed by atoms with Gasteiger partial charge in [-0.1, -0.05) is 36.8 Å². The summed E-state index contributed by atoms with van der Waals surface area (Å²) in [5.74, 6) is 0. The molecule has 0 amide bonds. The molecule has 2 nitrogen and oxygen atoms in total. The summed E-state index contributed by atoms with van der Waals surface area (Å²) in [6.07, 6.45) is 5.53. The molecule has 16 heavy (non-hydrogen) atoms. The van der Waals surface area contributed by atoms with Crippen molar-refractivity contribution in [1.82, 2.24) is 4.90 Å². The monoisotopic (exact) mass is 217 g/mol. The van der Waals surface area contributed by atoms with Crippen LogP contribution in [0.1, 0.15) is 37.3 Å². The molecule has 2 heteroatoms. The number of hydrogen-bond acceptors (Lipinski definition) is 2. The summed E-state index contributed by atoms with van der Waals surface area (Å²) in [4.78, 5) is 13.3. The minimum absolute atomic E-state index is 0.291. The first-order valence-corrected chi connectivity index (χ1v) is 6.14. The molecule has 0 N–H and O–H groups in total. The highest BCUT2D eigenvalue weighted by Crippen LogP contribution is 2.26. The molecule has 1 fully saturated rings. The van der Waals surface area contributed by atoms with Crippen LogP contribution in [0.4, 0.5) is 0 Å². The summed E-state index contributed by atoms with van der Waals surface area (Å²) in [6, 6.07) is 10.7. The molecule has 0 radical (unpaired) electrons. The van der Waals surface area contributed by atoms with E-state index in [4.69, 9.17) is 0 Å². The van der Waals surface area contributed by atoms with E-state index in [1.165, 1.54) is 24.8 Å². The maximum atomic E-state index is 10.8. The fourth-order valence-corrected chi connectivity index (χ4v) is 2.49. The number of carbonyl (C=O) groups is 1. The Morgan fingerprint density at radius 1 is 1.12 bits per heavy atom. The lowest BCUT2D eigenvalue weighted by Gasteiger charge is -2.34. The van der Waals surface area contributed by atoms with E-state index in [0.29, 0.717) is 12.5 Å². The Labute approximate surface area is 97.3 Å². The molecule has 0 aliphatic carbocycles. The summed E-state index contributed by atoms with van der Waals surface area (Å²) >= 11 is 0. The summed E-state index contributed by atoms with van der Waals surface area (Å²) in [7, 11) is 0. The molecule has 86 valence electrons. The minimum atomic E-state index is 0.291. The van der Waals surface area contributed by atoms with Crippen molar-refractivity contribution in [2.45, 2.75) is 31.7 Å². The lowest BCUT2D eigenvalue weighted by atomic mass is 9.99. The maximum Gasteiger partial charge on any atom is 0.121 e. The van der Waals surface area contributed by atoms with E-state index in [2.05, 4.69) is 29.2 Å². The van der Waals surface area contributed by atoms with E-state index in [0.717, 1.165) is 19.4 Å². The molecule has 1 aliphatic rings. The second-order valence-corrected chi connectivity index (χ2v) is 4.43. The first-order chi connectivity index (χ1) is 7.92. The molecule has 1 atom stereocenters. The van der Waals surface area contributed by atoms with Crippen molar-refractivity contribution in [3.8, 4) is 0 Å². The van der Waals surface area contributed by atoms with Gasteiger partial charge in [-0.15, -0.1) is 0 Å². The van der Waals surface area contributed by atoms with E-state index >= 15 is 0 Å². The van der Waals surface area contributed by atoms with Crippen molar-refractivity contribution in [2.24, 2.45) is 0 Å². The summed E-state index contributed by atoms with van der Waals surface area (Å²) in [6.45, 7) is 2.26. The fraction of sp³-hybridized carbons (Fsp3) is 0.500.